The lowest BCUT2D eigenvalue weighted by atomic mass is 9.84. The van der Waals surface area contributed by atoms with E-state index < -0.39 is 22.8 Å². The molecule has 8 nitrogen and oxygen atoms in total. The molecule has 0 saturated heterocycles. The first-order valence-corrected chi connectivity index (χ1v) is 10.4. The molecule has 0 amide bonds. The average Bonchev–Trinajstić information content (AvgIpc) is 3.11. The summed E-state index contributed by atoms with van der Waals surface area (Å²) < 4.78 is 29.7. The molecule has 0 unspecified atom stereocenters. The topological polar surface area (TPSA) is 95.6 Å². The predicted octanol–water partition coefficient (Wildman–Crippen LogP) is 3.72. The van der Waals surface area contributed by atoms with Gasteiger partial charge in [0, 0.05) is 31.7 Å². The lowest BCUT2D eigenvalue weighted by molar-refractivity contribution is 0.0692. The number of benzene rings is 1. The Morgan fingerprint density at radius 2 is 2.03 bits per heavy atom. The van der Waals surface area contributed by atoms with E-state index >= 15 is 4.39 Å². The minimum atomic E-state index is -1.45. The van der Waals surface area contributed by atoms with Crippen molar-refractivity contribution < 1.29 is 23.8 Å². The predicted molar refractivity (Wildman–Crippen MR) is 117 cm³/mol. The summed E-state index contributed by atoms with van der Waals surface area (Å²) in [6.45, 7) is 7.34. The van der Waals surface area contributed by atoms with Crippen LogP contribution < -0.4 is 10.2 Å². The number of hydrogen-bond acceptors (Lipinski definition) is 5. The second kappa shape index (κ2) is 8.05. The van der Waals surface area contributed by atoms with Crippen molar-refractivity contribution >= 4 is 16.9 Å². The molecule has 4 rings (SSSR count). The minimum Gasteiger partial charge on any atom is -0.491 e. The number of aromatic carboxylic acids is 1. The van der Waals surface area contributed by atoms with Crippen molar-refractivity contribution in [1.29, 1.82) is 0 Å². The smallest absolute Gasteiger partial charge is 0.341 e. The molecule has 0 radical (unpaired) electrons. The summed E-state index contributed by atoms with van der Waals surface area (Å²) in [7, 11) is 1.62. The Balaban J connectivity index is 1.95. The minimum absolute atomic E-state index is 0.0465. The van der Waals surface area contributed by atoms with Gasteiger partial charge in [0.1, 0.15) is 22.5 Å². The van der Waals surface area contributed by atoms with Gasteiger partial charge < -0.3 is 19.1 Å². The number of pyridine rings is 1. The molecule has 0 fully saturated rings. The number of fused-ring (bicyclic) bond motifs is 5. The zero-order valence-corrected chi connectivity index (χ0v) is 18.5. The first-order valence-electron chi connectivity index (χ1n) is 10.4. The van der Waals surface area contributed by atoms with Crippen LogP contribution in [0.2, 0.25) is 0 Å². The van der Waals surface area contributed by atoms with E-state index in [1.807, 2.05) is 20.8 Å². The number of carboxylic acids is 1. The van der Waals surface area contributed by atoms with Crippen molar-refractivity contribution in [1.82, 2.24) is 14.3 Å². The number of hydrogen-bond donors (Lipinski definition) is 1. The Bertz CT molecular complexity index is 1260. The second-order valence-corrected chi connectivity index (χ2v) is 9.01. The highest BCUT2D eigenvalue weighted by atomic mass is 19.1. The summed E-state index contributed by atoms with van der Waals surface area (Å²) in [5.41, 5.74) is -1.03. The number of nitrogens with zero attached hydrogens (tertiary/aromatic N) is 3. The van der Waals surface area contributed by atoms with E-state index in [0.29, 0.717) is 48.5 Å². The third kappa shape index (κ3) is 3.56. The van der Waals surface area contributed by atoms with Gasteiger partial charge in [-0.3, -0.25) is 9.48 Å². The largest absolute Gasteiger partial charge is 0.491 e. The standard InChI is InChI=1S/C23H26FN3O5/c1-23(2,3)16-12-27-19(20-17(24)21(28)14(22(29)30)11-26(16)20)13-7-5-8-15(18(13)25-27)32-10-6-9-31-4/h5,7-8,11,16H,6,9-10,12H2,1-4H3,(H,29,30)/t16-/m1/s1. The molecular weight excluding hydrogens is 417 g/mol. The Kier molecular flexibility index (Phi) is 5.54. The van der Waals surface area contributed by atoms with Gasteiger partial charge in [-0.05, 0) is 11.5 Å². The Morgan fingerprint density at radius 1 is 1.28 bits per heavy atom. The van der Waals surface area contributed by atoms with Crippen LogP contribution in [0.25, 0.3) is 22.3 Å². The zero-order valence-electron chi connectivity index (χ0n) is 18.5. The van der Waals surface area contributed by atoms with Gasteiger partial charge >= 0.3 is 5.97 Å². The van der Waals surface area contributed by atoms with Crippen LogP contribution in [0, 0.1) is 11.2 Å². The summed E-state index contributed by atoms with van der Waals surface area (Å²) in [6.07, 6.45) is 1.96. The first-order chi connectivity index (χ1) is 15.1. The summed E-state index contributed by atoms with van der Waals surface area (Å²) in [5, 5.41) is 14.8. The van der Waals surface area contributed by atoms with Gasteiger partial charge in [0.2, 0.25) is 5.43 Å². The summed E-state index contributed by atoms with van der Waals surface area (Å²) in [5.74, 6) is -1.98. The molecule has 32 heavy (non-hydrogen) atoms. The van der Waals surface area contributed by atoms with Crippen molar-refractivity contribution in [3.8, 4) is 17.1 Å². The first kappa shape index (κ1) is 22.0. The number of carboxylic acid groups (broad SMARTS) is 1. The maximum Gasteiger partial charge on any atom is 0.341 e. The monoisotopic (exact) mass is 443 g/mol. The molecular formula is C23H26FN3O5. The van der Waals surface area contributed by atoms with E-state index in [4.69, 9.17) is 14.6 Å². The Morgan fingerprint density at radius 3 is 2.69 bits per heavy atom. The molecule has 2 aromatic heterocycles. The Hall–Kier alpha value is -3.20. The van der Waals surface area contributed by atoms with Gasteiger partial charge in [-0.2, -0.15) is 5.10 Å². The van der Waals surface area contributed by atoms with Crippen LogP contribution in [0.1, 0.15) is 43.6 Å². The molecule has 3 aromatic rings. The summed E-state index contributed by atoms with van der Waals surface area (Å²) in [6, 6.07) is 5.07. The fourth-order valence-electron chi connectivity index (χ4n) is 4.18. The third-order valence-electron chi connectivity index (χ3n) is 5.80. The van der Waals surface area contributed by atoms with Crippen molar-refractivity contribution in [2.75, 3.05) is 20.3 Å². The number of rotatable bonds is 6. The van der Waals surface area contributed by atoms with Gasteiger partial charge in [-0.1, -0.05) is 32.9 Å². The van der Waals surface area contributed by atoms with Crippen LogP contribution in [-0.2, 0) is 11.3 Å². The molecule has 1 aromatic carbocycles. The molecule has 3 heterocycles. The average molecular weight is 443 g/mol. The van der Waals surface area contributed by atoms with E-state index in [1.54, 1.807) is 34.6 Å². The molecule has 1 aliphatic rings. The van der Waals surface area contributed by atoms with Gasteiger partial charge in [0.05, 0.1) is 24.9 Å². The van der Waals surface area contributed by atoms with Gasteiger partial charge in [0.25, 0.3) is 0 Å². The summed E-state index contributed by atoms with van der Waals surface area (Å²) >= 11 is 0. The molecule has 170 valence electrons. The van der Waals surface area contributed by atoms with Crippen molar-refractivity contribution in [3.05, 3.63) is 46.0 Å². The molecule has 0 aliphatic carbocycles. The van der Waals surface area contributed by atoms with Gasteiger partial charge in [0.15, 0.2) is 5.82 Å². The maximum atomic E-state index is 15.5. The number of ether oxygens (including phenoxy) is 2. The fourth-order valence-corrected chi connectivity index (χ4v) is 4.18. The third-order valence-corrected chi connectivity index (χ3v) is 5.80. The van der Waals surface area contributed by atoms with Crippen LogP contribution in [0.15, 0.2) is 29.2 Å². The van der Waals surface area contributed by atoms with E-state index in [2.05, 4.69) is 0 Å². The van der Waals surface area contributed by atoms with Crippen LogP contribution >= 0.6 is 0 Å². The molecule has 1 atom stereocenters. The second-order valence-electron chi connectivity index (χ2n) is 9.01. The normalized spacial score (nSPS) is 15.5. The highest BCUT2D eigenvalue weighted by Crippen LogP contribution is 2.43. The summed E-state index contributed by atoms with van der Waals surface area (Å²) in [4.78, 5) is 24.1. The van der Waals surface area contributed by atoms with E-state index in [-0.39, 0.29) is 17.2 Å². The van der Waals surface area contributed by atoms with Crippen LogP contribution in [0.4, 0.5) is 4.39 Å². The lowest BCUT2D eigenvalue weighted by Gasteiger charge is -2.38. The maximum absolute atomic E-state index is 15.5. The number of halogens is 1. The molecule has 0 saturated carbocycles. The Labute approximate surface area is 184 Å². The van der Waals surface area contributed by atoms with Crippen molar-refractivity contribution in [2.45, 2.75) is 39.8 Å². The van der Waals surface area contributed by atoms with Gasteiger partial charge in [-0.15, -0.1) is 0 Å². The van der Waals surface area contributed by atoms with E-state index in [0.717, 1.165) is 0 Å². The lowest BCUT2D eigenvalue weighted by Crippen LogP contribution is -2.36. The van der Waals surface area contributed by atoms with Crippen LogP contribution in [0.5, 0.6) is 5.75 Å². The molecule has 0 bridgehead atoms. The van der Waals surface area contributed by atoms with E-state index in [9.17, 15) is 14.7 Å². The fraction of sp³-hybridized carbons (Fsp3) is 0.435. The van der Waals surface area contributed by atoms with Gasteiger partial charge in [-0.25, -0.2) is 9.18 Å². The molecule has 1 aliphatic heterocycles. The zero-order chi connectivity index (χ0) is 23.2. The molecule has 9 heteroatoms. The molecule has 1 N–H and O–H groups in total. The van der Waals surface area contributed by atoms with Crippen molar-refractivity contribution in [2.24, 2.45) is 5.41 Å². The number of carbonyl (C=O) groups is 1. The van der Waals surface area contributed by atoms with E-state index in [1.165, 1.54) is 6.20 Å². The SMILES string of the molecule is COCCCOc1cccc2c3n(nc12)C[C@H](C(C)(C)C)n1cc(C(=O)O)c(=O)c(F)c1-3. The van der Waals surface area contributed by atoms with Crippen LogP contribution in [0.3, 0.4) is 0 Å². The highest BCUT2D eigenvalue weighted by Gasteiger charge is 2.37. The molecule has 0 spiro atoms. The van der Waals surface area contributed by atoms with Crippen LogP contribution in [-0.4, -0.2) is 45.7 Å². The quantitative estimate of drug-likeness (QED) is 0.584. The number of methoxy groups -OCH3 is 1. The highest BCUT2D eigenvalue weighted by molar-refractivity contribution is 5.97. The van der Waals surface area contributed by atoms with Crippen molar-refractivity contribution in [3.63, 3.8) is 0 Å². The number of aromatic nitrogens is 3.